The van der Waals surface area contributed by atoms with Crippen LogP contribution in [0, 0.1) is 5.41 Å². The third kappa shape index (κ3) is 2.06. The van der Waals surface area contributed by atoms with Gasteiger partial charge in [0.05, 0.1) is 11.4 Å². The average Bonchev–Trinajstić information content (AvgIpc) is 2.39. The first-order valence-electron chi connectivity index (χ1n) is 4.73. The molecular weight excluding hydrogens is 220 g/mol. The quantitative estimate of drug-likeness (QED) is 0.484. The lowest BCUT2D eigenvalue weighted by atomic mass is 10.1. The summed E-state index contributed by atoms with van der Waals surface area (Å²) in [5.41, 5.74) is 1.61. The number of nitrogens with one attached hydrogen (secondary N) is 1. The van der Waals surface area contributed by atoms with Crippen molar-refractivity contribution < 1.29 is 4.18 Å². The second kappa shape index (κ2) is 4.81. The number of hydrogen-bond donors (Lipinski definition) is 2. The van der Waals surface area contributed by atoms with Gasteiger partial charge in [-0.15, -0.1) is 0 Å². The van der Waals surface area contributed by atoms with Crippen LogP contribution in [0.2, 0.25) is 0 Å². The van der Waals surface area contributed by atoms with E-state index in [0.29, 0.717) is 22.7 Å². The van der Waals surface area contributed by atoms with E-state index >= 15 is 0 Å². The second-order valence-corrected chi connectivity index (χ2v) is 3.36. The van der Waals surface area contributed by atoms with Gasteiger partial charge in [0.2, 0.25) is 0 Å². The number of para-hydroxylation sites is 1. The molecule has 16 heavy (non-hydrogen) atoms. The van der Waals surface area contributed by atoms with E-state index in [1.807, 2.05) is 30.3 Å². The fraction of sp³-hybridized carbons (Fsp3) is 0. The topological polar surface area (TPSA) is 46.0 Å². The first kappa shape index (κ1) is 10.7. The predicted molar refractivity (Wildman–Crippen MR) is 66.2 cm³/mol. The van der Waals surface area contributed by atoms with Crippen LogP contribution in [0.25, 0.3) is 0 Å². The predicted octanol–water partition coefficient (Wildman–Crippen LogP) is 2.72. The highest BCUT2D eigenvalue weighted by Crippen LogP contribution is 2.21. The summed E-state index contributed by atoms with van der Waals surface area (Å²) in [5.74, 6) is 0.557. The van der Waals surface area contributed by atoms with Crippen molar-refractivity contribution in [2.45, 2.75) is 0 Å². The maximum atomic E-state index is 8.04. The molecular formula is C12H10N2OS. The van der Waals surface area contributed by atoms with Gasteiger partial charge in [-0.2, -0.15) is 0 Å². The van der Waals surface area contributed by atoms with Crippen LogP contribution in [0.15, 0.2) is 48.7 Å². The van der Waals surface area contributed by atoms with Crippen molar-refractivity contribution in [3.63, 3.8) is 0 Å². The van der Waals surface area contributed by atoms with Gasteiger partial charge in [-0.3, -0.25) is 10.4 Å². The van der Waals surface area contributed by atoms with E-state index in [0.717, 1.165) is 0 Å². The molecule has 0 saturated carbocycles. The molecule has 0 unspecified atom stereocenters. The lowest BCUT2D eigenvalue weighted by Gasteiger charge is -2.07. The van der Waals surface area contributed by atoms with Crippen molar-refractivity contribution >= 4 is 18.6 Å². The zero-order chi connectivity index (χ0) is 11.4. The highest BCUT2D eigenvalue weighted by molar-refractivity contribution is 7.75. The molecule has 0 spiro atoms. The summed E-state index contributed by atoms with van der Waals surface area (Å²) in [6, 6.07) is 12.7. The Bertz CT molecular complexity index is 499. The van der Waals surface area contributed by atoms with Gasteiger partial charge < -0.3 is 4.18 Å². The second-order valence-electron chi connectivity index (χ2n) is 3.18. The van der Waals surface area contributed by atoms with Crippen LogP contribution < -0.4 is 4.18 Å². The van der Waals surface area contributed by atoms with Crippen LogP contribution in [0.3, 0.4) is 0 Å². The molecule has 2 aromatic rings. The molecule has 0 saturated heterocycles. The molecule has 0 atom stereocenters. The Morgan fingerprint density at radius 3 is 2.56 bits per heavy atom. The third-order valence-electron chi connectivity index (χ3n) is 2.18. The maximum absolute atomic E-state index is 8.04. The molecule has 1 aromatic heterocycles. The van der Waals surface area contributed by atoms with E-state index < -0.39 is 0 Å². The first-order chi connectivity index (χ1) is 7.83. The third-order valence-corrected chi connectivity index (χ3v) is 2.37. The van der Waals surface area contributed by atoms with Crippen molar-refractivity contribution in [1.82, 2.24) is 4.98 Å². The molecule has 2 rings (SSSR count). The number of aromatic nitrogens is 1. The van der Waals surface area contributed by atoms with Gasteiger partial charge in [0.25, 0.3) is 0 Å². The van der Waals surface area contributed by atoms with Crippen molar-refractivity contribution in [3.8, 4) is 5.75 Å². The van der Waals surface area contributed by atoms with Crippen LogP contribution in [0.1, 0.15) is 11.3 Å². The molecule has 1 N–H and O–H groups in total. The Labute approximate surface area is 99.2 Å². The molecule has 0 aliphatic rings. The molecule has 0 amide bonds. The summed E-state index contributed by atoms with van der Waals surface area (Å²) >= 11 is 3.77. The van der Waals surface area contributed by atoms with Gasteiger partial charge >= 0.3 is 0 Å². The summed E-state index contributed by atoms with van der Waals surface area (Å²) < 4.78 is 4.91. The van der Waals surface area contributed by atoms with Gasteiger partial charge in [-0.25, -0.2) is 0 Å². The van der Waals surface area contributed by atoms with Crippen molar-refractivity contribution in [2.75, 3.05) is 0 Å². The van der Waals surface area contributed by atoms with E-state index in [4.69, 9.17) is 9.59 Å². The number of hydrogen-bond acceptors (Lipinski definition) is 4. The van der Waals surface area contributed by atoms with Crippen molar-refractivity contribution in [1.29, 1.82) is 5.41 Å². The number of thiol groups is 1. The standard InChI is InChI=1S/C12H10N2OS/c13-12(10-6-3-4-8-14-10)9-5-1-2-7-11(9)15-16/h1-8,13,16H. The Balaban J connectivity index is 2.42. The number of benzene rings is 1. The number of rotatable bonds is 3. The van der Waals surface area contributed by atoms with Gasteiger partial charge in [-0.1, -0.05) is 18.2 Å². The van der Waals surface area contributed by atoms with Crippen molar-refractivity contribution in [3.05, 3.63) is 59.9 Å². The SMILES string of the molecule is N=C(c1ccccn1)c1ccccc1OS. The minimum Gasteiger partial charge on any atom is -0.428 e. The summed E-state index contributed by atoms with van der Waals surface area (Å²) in [6.45, 7) is 0. The van der Waals surface area contributed by atoms with Crippen molar-refractivity contribution in [2.24, 2.45) is 0 Å². The Morgan fingerprint density at radius 2 is 1.88 bits per heavy atom. The van der Waals surface area contributed by atoms with Gasteiger partial charge in [0, 0.05) is 24.7 Å². The van der Waals surface area contributed by atoms with E-state index in [-0.39, 0.29) is 0 Å². The molecule has 0 fully saturated rings. The molecule has 0 radical (unpaired) electrons. The Hall–Kier alpha value is -1.81. The van der Waals surface area contributed by atoms with Crippen LogP contribution in [0.5, 0.6) is 5.75 Å². The highest BCUT2D eigenvalue weighted by Gasteiger charge is 2.10. The fourth-order valence-corrected chi connectivity index (χ4v) is 1.56. The molecule has 0 aliphatic heterocycles. The average molecular weight is 230 g/mol. The molecule has 0 bridgehead atoms. The van der Waals surface area contributed by atoms with E-state index in [1.54, 1.807) is 18.3 Å². The van der Waals surface area contributed by atoms with E-state index in [2.05, 4.69) is 17.9 Å². The first-order valence-corrected chi connectivity index (χ1v) is 5.10. The van der Waals surface area contributed by atoms with Crippen LogP contribution >= 0.6 is 12.9 Å². The minimum atomic E-state index is 0.324. The summed E-state index contributed by atoms with van der Waals surface area (Å²) in [4.78, 5) is 4.13. The monoisotopic (exact) mass is 230 g/mol. The molecule has 4 heteroatoms. The molecule has 3 nitrogen and oxygen atoms in total. The van der Waals surface area contributed by atoms with E-state index in [1.165, 1.54) is 0 Å². The lowest BCUT2D eigenvalue weighted by molar-refractivity contribution is 0.657. The van der Waals surface area contributed by atoms with Gasteiger partial charge in [0.1, 0.15) is 5.75 Å². The lowest BCUT2D eigenvalue weighted by Crippen LogP contribution is -2.04. The molecule has 1 heterocycles. The zero-order valence-electron chi connectivity index (χ0n) is 8.42. The number of nitrogens with zero attached hydrogens (tertiary/aromatic N) is 1. The van der Waals surface area contributed by atoms with Crippen LogP contribution in [0.4, 0.5) is 0 Å². The maximum Gasteiger partial charge on any atom is 0.146 e. The Kier molecular flexibility index (Phi) is 3.22. The fourth-order valence-electron chi connectivity index (χ4n) is 1.40. The summed E-state index contributed by atoms with van der Waals surface area (Å²) in [7, 11) is 0. The molecule has 1 aromatic carbocycles. The van der Waals surface area contributed by atoms with Crippen LogP contribution in [-0.2, 0) is 0 Å². The zero-order valence-corrected chi connectivity index (χ0v) is 9.32. The Morgan fingerprint density at radius 1 is 1.12 bits per heavy atom. The minimum absolute atomic E-state index is 0.324. The summed E-state index contributed by atoms with van der Waals surface area (Å²) in [6.07, 6.45) is 1.66. The largest absolute Gasteiger partial charge is 0.428 e. The van der Waals surface area contributed by atoms with Gasteiger partial charge in [0.15, 0.2) is 0 Å². The highest BCUT2D eigenvalue weighted by atomic mass is 32.1. The molecule has 0 aliphatic carbocycles. The normalized spacial score (nSPS) is 9.81. The summed E-state index contributed by atoms with van der Waals surface area (Å²) in [5, 5.41) is 8.04. The smallest absolute Gasteiger partial charge is 0.146 e. The van der Waals surface area contributed by atoms with E-state index in [9.17, 15) is 0 Å². The van der Waals surface area contributed by atoms with Crippen LogP contribution in [-0.4, -0.2) is 10.7 Å². The van der Waals surface area contributed by atoms with Gasteiger partial charge in [-0.05, 0) is 24.3 Å². The number of pyridine rings is 1. The molecule has 80 valence electrons.